The molecule has 2 heterocycles. The number of hydrogen-bond donors (Lipinski definition) is 0. The normalized spacial score (nSPS) is 18.2. The molecule has 0 bridgehead atoms. The molecule has 0 spiro atoms. The van der Waals surface area contributed by atoms with E-state index in [-0.39, 0.29) is 11.8 Å². The summed E-state index contributed by atoms with van der Waals surface area (Å²) in [6.07, 6.45) is 2.70. The van der Waals surface area contributed by atoms with Crippen molar-refractivity contribution in [3.8, 4) is 0 Å². The molecular formula is C15H17BrN4O. The van der Waals surface area contributed by atoms with E-state index in [4.69, 9.17) is 0 Å². The SMILES string of the molecule is CN(C)C(=O)C1CCN(c2ncc3cc(Br)ccc3n2)C1. The fourth-order valence-electron chi connectivity index (χ4n) is 2.66. The summed E-state index contributed by atoms with van der Waals surface area (Å²) in [4.78, 5) is 24.8. The third-order valence-electron chi connectivity index (χ3n) is 3.79. The van der Waals surface area contributed by atoms with Gasteiger partial charge in [0.1, 0.15) is 0 Å². The first-order valence-electron chi connectivity index (χ1n) is 6.93. The van der Waals surface area contributed by atoms with Crippen LogP contribution in [-0.4, -0.2) is 48.0 Å². The van der Waals surface area contributed by atoms with Crippen LogP contribution in [0.5, 0.6) is 0 Å². The molecule has 1 saturated heterocycles. The number of aromatic nitrogens is 2. The minimum Gasteiger partial charge on any atom is -0.349 e. The lowest BCUT2D eigenvalue weighted by atomic mass is 10.1. The van der Waals surface area contributed by atoms with Crippen LogP contribution in [0.4, 0.5) is 5.95 Å². The van der Waals surface area contributed by atoms with Gasteiger partial charge in [-0.1, -0.05) is 15.9 Å². The van der Waals surface area contributed by atoms with E-state index in [0.29, 0.717) is 12.5 Å². The molecule has 6 heteroatoms. The summed E-state index contributed by atoms with van der Waals surface area (Å²) in [7, 11) is 3.60. The number of amides is 1. The third-order valence-corrected chi connectivity index (χ3v) is 4.28. The van der Waals surface area contributed by atoms with E-state index in [1.807, 2.05) is 24.4 Å². The molecular weight excluding hydrogens is 332 g/mol. The van der Waals surface area contributed by atoms with Gasteiger partial charge in [0.25, 0.3) is 0 Å². The molecule has 110 valence electrons. The Kier molecular flexibility index (Phi) is 3.80. The molecule has 1 fully saturated rings. The molecule has 0 saturated carbocycles. The molecule has 1 atom stereocenters. The molecule has 0 aliphatic carbocycles. The first-order valence-corrected chi connectivity index (χ1v) is 7.72. The molecule has 1 unspecified atom stereocenters. The van der Waals surface area contributed by atoms with Crippen LogP contribution >= 0.6 is 15.9 Å². The Morgan fingerprint density at radius 1 is 1.43 bits per heavy atom. The molecule has 3 rings (SSSR count). The van der Waals surface area contributed by atoms with Gasteiger partial charge in [0.05, 0.1) is 11.4 Å². The highest BCUT2D eigenvalue weighted by Crippen LogP contribution is 2.24. The average Bonchev–Trinajstić information content (AvgIpc) is 2.95. The Hall–Kier alpha value is -1.69. The second-order valence-electron chi connectivity index (χ2n) is 5.54. The molecule has 1 aromatic carbocycles. The van der Waals surface area contributed by atoms with Crippen LogP contribution in [0.2, 0.25) is 0 Å². The predicted octanol–water partition coefficient (Wildman–Crippen LogP) is 2.31. The maximum Gasteiger partial charge on any atom is 0.227 e. The van der Waals surface area contributed by atoms with Crippen molar-refractivity contribution < 1.29 is 4.79 Å². The second-order valence-corrected chi connectivity index (χ2v) is 6.45. The number of carbonyl (C=O) groups excluding carboxylic acids is 1. The molecule has 2 aromatic rings. The van der Waals surface area contributed by atoms with Crippen molar-refractivity contribution in [2.24, 2.45) is 5.92 Å². The van der Waals surface area contributed by atoms with Gasteiger partial charge in [-0.25, -0.2) is 9.97 Å². The van der Waals surface area contributed by atoms with E-state index >= 15 is 0 Å². The Balaban J connectivity index is 1.82. The monoisotopic (exact) mass is 348 g/mol. The number of fused-ring (bicyclic) bond motifs is 1. The molecule has 1 aliphatic rings. The van der Waals surface area contributed by atoms with Crippen molar-refractivity contribution in [1.29, 1.82) is 0 Å². The van der Waals surface area contributed by atoms with E-state index in [0.717, 1.165) is 28.3 Å². The zero-order valence-electron chi connectivity index (χ0n) is 12.1. The first kappa shape index (κ1) is 14.3. The van der Waals surface area contributed by atoms with Crippen LogP contribution in [0.25, 0.3) is 10.9 Å². The molecule has 0 N–H and O–H groups in total. The number of benzene rings is 1. The number of halogens is 1. The number of anilines is 1. The van der Waals surface area contributed by atoms with Gasteiger partial charge in [-0.05, 0) is 24.6 Å². The summed E-state index contributed by atoms with van der Waals surface area (Å²) in [6.45, 7) is 1.52. The summed E-state index contributed by atoms with van der Waals surface area (Å²) in [5, 5.41) is 1.01. The van der Waals surface area contributed by atoms with Gasteiger partial charge in [0, 0.05) is 43.2 Å². The van der Waals surface area contributed by atoms with Gasteiger partial charge in [0.15, 0.2) is 0 Å². The summed E-state index contributed by atoms with van der Waals surface area (Å²) < 4.78 is 1.02. The number of nitrogens with zero attached hydrogens (tertiary/aromatic N) is 4. The minimum atomic E-state index is 0.0456. The van der Waals surface area contributed by atoms with Crippen LogP contribution in [0, 0.1) is 5.92 Å². The predicted molar refractivity (Wildman–Crippen MR) is 86.3 cm³/mol. The minimum absolute atomic E-state index is 0.0456. The largest absolute Gasteiger partial charge is 0.349 e. The van der Waals surface area contributed by atoms with Crippen molar-refractivity contribution in [3.63, 3.8) is 0 Å². The zero-order chi connectivity index (χ0) is 15.0. The van der Waals surface area contributed by atoms with Crippen LogP contribution < -0.4 is 4.90 Å². The van der Waals surface area contributed by atoms with Crippen LogP contribution in [-0.2, 0) is 4.79 Å². The molecule has 1 amide bonds. The quantitative estimate of drug-likeness (QED) is 0.835. The fraction of sp³-hybridized carbons (Fsp3) is 0.400. The summed E-state index contributed by atoms with van der Waals surface area (Å²) in [6, 6.07) is 5.95. The summed E-state index contributed by atoms with van der Waals surface area (Å²) in [5.74, 6) is 0.935. The summed E-state index contributed by atoms with van der Waals surface area (Å²) in [5.41, 5.74) is 0.922. The van der Waals surface area contributed by atoms with Crippen molar-refractivity contribution >= 4 is 38.7 Å². The standard InChI is InChI=1S/C15H17BrN4O/c1-19(2)14(21)10-5-6-20(9-10)15-17-8-11-7-12(16)3-4-13(11)18-15/h3-4,7-8,10H,5-6,9H2,1-2H3. The maximum absolute atomic E-state index is 12.0. The molecule has 1 aliphatic heterocycles. The van der Waals surface area contributed by atoms with Crippen LogP contribution in [0.3, 0.4) is 0 Å². The Labute approximate surface area is 132 Å². The average molecular weight is 349 g/mol. The summed E-state index contributed by atoms with van der Waals surface area (Å²) >= 11 is 3.45. The molecule has 21 heavy (non-hydrogen) atoms. The Morgan fingerprint density at radius 2 is 2.24 bits per heavy atom. The number of hydrogen-bond acceptors (Lipinski definition) is 4. The van der Waals surface area contributed by atoms with E-state index in [9.17, 15) is 4.79 Å². The van der Waals surface area contributed by atoms with Gasteiger partial charge >= 0.3 is 0 Å². The lowest BCUT2D eigenvalue weighted by molar-refractivity contribution is -0.132. The van der Waals surface area contributed by atoms with Gasteiger partial charge in [0.2, 0.25) is 11.9 Å². The van der Waals surface area contributed by atoms with Gasteiger partial charge in [-0.3, -0.25) is 4.79 Å². The molecule has 5 nitrogen and oxygen atoms in total. The van der Waals surface area contributed by atoms with Crippen molar-refractivity contribution in [3.05, 3.63) is 28.9 Å². The highest BCUT2D eigenvalue weighted by molar-refractivity contribution is 9.10. The van der Waals surface area contributed by atoms with Crippen molar-refractivity contribution in [1.82, 2.24) is 14.9 Å². The van der Waals surface area contributed by atoms with Gasteiger partial charge in [-0.15, -0.1) is 0 Å². The van der Waals surface area contributed by atoms with E-state index in [2.05, 4.69) is 30.8 Å². The second kappa shape index (κ2) is 5.60. The van der Waals surface area contributed by atoms with Crippen molar-refractivity contribution in [2.45, 2.75) is 6.42 Å². The van der Waals surface area contributed by atoms with Gasteiger partial charge < -0.3 is 9.80 Å². The van der Waals surface area contributed by atoms with E-state index < -0.39 is 0 Å². The first-order chi connectivity index (χ1) is 10.0. The highest BCUT2D eigenvalue weighted by Gasteiger charge is 2.30. The Bertz CT molecular complexity index is 688. The lowest BCUT2D eigenvalue weighted by Gasteiger charge is -2.18. The lowest BCUT2D eigenvalue weighted by Crippen LogP contribution is -2.32. The van der Waals surface area contributed by atoms with Crippen LogP contribution in [0.15, 0.2) is 28.9 Å². The maximum atomic E-state index is 12.0. The smallest absolute Gasteiger partial charge is 0.227 e. The topological polar surface area (TPSA) is 49.3 Å². The van der Waals surface area contributed by atoms with E-state index in [1.54, 1.807) is 19.0 Å². The van der Waals surface area contributed by atoms with Gasteiger partial charge in [-0.2, -0.15) is 0 Å². The fourth-order valence-corrected chi connectivity index (χ4v) is 3.03. The van der Waals surface area contributed by atoms with Crippen molar-refractivity contribution in [2.75, 3.05) is 32.1 Å². The third kappa shape index (κ3) is 2.85. The molecule has 0 radical (unpaired) electrons. The number of carbonyl (C=O) groups is 1. The Morgan fingerprint density at radius 3 is 3.00 bits per heavy atom. The zero-order valence-corrected chi connectivity index (χ0v) is 13.7. The highest BCUT2D eigenvalue weighted by atomic mass is 79.9. The number of rotatable bonds is 2. The van der Waals surface area contributed by atoms with Crippen LogP contribution in [0.1, 0.15) is 6.42 Å². The molecule has 1 aromatic heterocycles. The van der Waals surface area contributed by atoms with E-state index in [1.165, 1.54) is 0 Å².